The smallest absolute Gasteiger partial charge is 0.193 e. The summed E-state index contributed by atoms with van der Waals surface area (Å²) in [5.41, 5.74) is 1.20. The standard InChI is InChI=1S/C16H29N5O/c1-14-11-19-21(12-14)8-4-7-18-16(17-2)20(3)9-10-22-13-15-5-6-15/h11-12,15H,4-10,13H2,1-3H3,(H,17,18). The lowest BCUT2D eigenvalue weighted by Crippen LogP contribution is -2.41. The van der Waals surface area contributed by atoms with Gasteiger partial charge in [0.15, 0.2) is 5.96 Å². The van der Waals surface area contributed by atoms with Crippen molar-refractivity contribution >= 4 is 5.96 Å². The van der Waals surface area contributed by atoms with E-state index in [1.54, 1.807) is 0 Å². The number of aliphatic imine (C=N–C) groups is 1. The van der Waals surface area contributed by atoms with Gasteiger partial charge in [-0.3, -0.25) is 9.67 Å². The average molecular weight is 307 g/mol. The molecular formula is C16H29N5O. The number of nitrogens with one attached hydrogen (secondary N) is 1. The second kappa shape index (κ2) is 8.78. The van der Waals surface area contributed by atoms with Crippen LogP contribution in [0.25, 0.3) is 0 Å². The summed E-state index contributed by atoms with van der Waals surface area (Å²) < 4.78 is 7.65. The van der Waals surface area contributed by atoms with E-state index in [9.17, 15) is 0 Å². The van der Waals surface area contributed by atoms with E-state index in [1.807, 2.05) is 25.0 Å². The molecule has 0 aromatic carbocycles. The van der Waals surface area contributed by atoms with Crippen LogP contribution < -0.4 is 5.32 Å². The van der Waals surface area contributed by atoms with Gasteiger partial charge in [0.05, 0.1) is 12.8 Å². The summed E-state index contributed by atoms with van der Waals surface area (Å²) in [5.74, 6) is 1.75. The Morgan fingerprint density at radius 2 is 2.36 bits per heavy atom. The second-order valence-corrected chi connectivity index (χ2v) is 6.05. The third-order valence-corrected chi connectivity index (χ3v) is 3.80. The molecule has 124 valence electrons. The molecule has 0 aliphatic heterocycles. The quantitative estimate of drug-likeness (QED) is 0.427. The van der Waals surface area contributed by atoms with Crippen LogP contribution in [0.4, 0.5) is 0 Å². The lowest BCUT2D eigenvalue weighted by molar-refractivity contribution is 0.115. The molecule has 1 N–H and O–H groups in total. The first kappa shape index (κ1) is 16.8. The number of rotatable bonds is 9. The first-order valence-corrected chi connectivity index (χ1v) is 8.17. The Morgan fingerprint density at radius 3 is 3.00 bits per heavy atom. The number of likely N-dealkylation sites (N-methyl/N-ethyl adjacent to an activating group) is 1. The van der Waals surface area contributed by atoms with Gasteiger partial charge in [0, 0.05) is 46.5 Å². The summed E-state index contributed by atoms with van der Waals surface area (Å²) in [6.45, 7) is 6.42. The summed E-state index contributed by atoms with van der Waals surface area (Å²) in [7, 11) is 3.87. The molecule has 0 atom stereocenters. The number of hydrogen-bond acceptors (Lipinski definition) is 3. The van der Waals surface area contributed by atoms with E-state index in [4.69, 9.17) is 4.74 Å². The van der Waals surface area contributed by atoms with Crippen LogP contribution >= 0.6 is 0 Å². The molecule has 1 fully saturated rings. The summed E-state index contributed by atoms with van der Waals surface area (Å²) >= 11 is 0. The van der Waals surface area contributed by atoms with Gasteiger partial charge in [-0.2, -0.15) is 5.10 Å². The van der Waals surface area contributed by atoms with Gasteiger partial charge in [-0.05, 0) is 37.7 Å². The van der Waals surface area contributed by atoms with Crippen LogP contribution in [0.5, 0.6) is 0 Å². The summed E-state index contributed by atoms with van der Waals surface area (Å²) in [6.07, 6.45) is 7.66. The molecule has 0 spiro atoms. The molecule has 22 heavy (non-hydrogen) atoms. The van der Waals surface area contributed by atoms with Gasteiger partial charge in [-0.1, -0.05) is 0 Å². The molecule has 1 aliphatic carbocycles. The predicted molar refractivity (Wildman–Crippen MR) is 89.1 cm³/mol. The minimum atomic E-state index is 0.764. The lowest BCUT2D eigenvalue weighted by Gasteiger charge is -2.22. The first-order valence-electron chi connectivity index (χ1n) is 8.17. The van der Waals surface area contributed by atoms with Crippen LogP contribution in [0, 0.1) is 12.8 Å². The van der Waals surface area contributed by atoms with Gasteiger partial charge in [0.2, 0.25) is 0 Å². The Morgan fingerprint density at radius 1 is 1.55 bits per heavy atom. The second-order valence-electron chi connectivity index (χ2n) is 6.05. The highest BCUT2D eigenvalue weighted by Gasteiger charge is 2.21. The van der Waals surface area contributed by atoms with Gasteiger partial charge in [0.25, 0.3) is 0 Å². The Hall–Kier alpha value is -1.56. The number of ether oxygens (including phenoxy) is 1. The molecular weight excluding hydrogens is 278 g/mol. The summed E-state index contributed by atoms with van der Waals surface area (Å²) in [5, 5.41) is 7.68. The number of aromatic nitrogens is 2. The fourth-order valence-electron chi connectivity index (χ4n) is 2.26. The summed E-state index contributed by atoms with van der Waals surface area (Å²) in [4.78, 5) is 6.43. The van der Waals surface area contributed by atoms with Crippen LogP contribution in [-0.2, 0) is 11.3 Å². The van der Waals surface area contributed by atoms with Crippen LogP contribution in [-0.4, -0.2) is 61.0 Å². The maximum atomic E-state index is 5.67. The molecule has 0 bridgehead atoms. The largest absolute Gasteiger partial charge is 0.379 e. The predicted octanol–water partition coefficient (Wildman–Crippen LogP) is 1.52. The average Bonchev–Trinajstić information content (AvgIpc) is 3.24. The van der Waals surface area contributed by atoms with Gasteiger partial charge in [0.1, 0.15) is 0 Å². The van der Waals surface area contributed by atoms with Crippen molar-refractivity contribution in [3.8, 4) is 0 Å². The normalized spacial score (nSPS) is 15.1. The van der Waals surface area contributed by atoms with Crippen molar-refractivity contribution in [2.75, 3.05) is 40.4 Å². The molecule has 1 aliphatic rings. The van der Waals surface area contributed by atoms with E-state index in [0.29, 0.717) is 0 Å². The highest BCUT2D eigenvalue weighted by molar-refractivity contribution is 5.79. The Balaban J connectivity index is 1.56. The van der Waals surface area contributed by atoms with E-state index in [2.05, 4.69) is 33.4 Å². The maximum Gasteiger partial charge on any atom is 0.193 e. The Labute approximate surface area is 133 Å². The SMILES string of the molecule is CN=C(NCCCn1cc(C)cn1)N(C)CCOCC1CC1. The molecule has 1 aromatic rings. The highest BCUT2D eigenvalue weighted by Crippen LogP contribution is 2.28. The third-order valence-electron chi connectivity index (χ3n) is 3.80. The van der Waals surface area contributed by atoms with E-state index in [1.165, 1.54) is 18.4 Å². The van der Waals surface area contributed by atoms with Crippen molar-refractivity contribution in [1.29, 1.82) is 0 Å². The van der Waals surface area contributed by atoms with E-state index < -0.39 is 0 Å². The molecule has 6 nitrogen and oxygen atoms in total. The van der Waals surface area contributed by atoms with E-state index in [0.717, 1.165) is 51.1 Å². The fourth-order valence-corrected chi connectivity index (χ4v) is 2.26. The van der Waals surface area contributed by atoms with Gasteiger partial charge < -0.3 is 15.0 Å². The highest BCUT2D eigenvalue weighted by atomic mass is 16.5. The topological polar surface area (TPSA) is 54.7 Å². The molecule has 0 amide bonds. The Kier molecular flexibility index (Phi) is 6.71. The van der Waals surface area contributed by atoms with Gasteiger partial charge in [-0.25, -0.2) is 0 Å². The molecule has 1 aromatic heterocycles. The van der Waals surface area contributed by atoms with E-state index >= 15 is 0 Å². The first-order chi connectivity index (χ1) is 10.7. The number of guanidine groups is 1. The molecule has 0 unspecified atom stereocenters. The van der Waals surface area contributed by atoms with E-state index in [-0.39, 0.29) is 0 Å². The zero-order valence-corrected chi connectivity index (χ0v) is 14.1. The molecule has 1 heterocycles. The number of aryl methyl sites for hydroxylation is 2. The third kappa shape index (κ3) is 6.05. The number of nitrogens with zero attached hydrogens (tertiary/aromatic N) is 4. The monoisotopic (exact) mass is 307 g/mol. The molecule has 2 rings (SSSR count). The van der Waals surface area contributed by atoms with Crippen LogP contribution in [0.3, 0.4) is 0 Å². The van der Waals surface area contributed by atoms with Crippen LogP contribution in [0.1, 0.15) is 24.8 Å². The van der Waals surface area contributed by atoms with Crippen molar-refractivity contribution in [3.63, 3.8) is 0 Å². The van der Waals surface area contributed by atoms with Crippen molar-refractivity contribution in [2.24, 2.45) is 10.9 Å². The maximum absolute atomic E-state index is 5.67. The molecule has 0 radical (unpaired) electrons. The minimum Gasteiger partial charge on any atom is -0.379 e. The van der Waals surface area contributed by atoms with Crippen molar-refractivity contribution in [2.45, 2.75) is 32.7 Å². The van der Waals surface area contributed by atoms with Crippen molar-refractivity contribution < 1.29 is 4.74 Å². The lowest BCUT2D eigenvalue weighted by atomic mass is 10.4. The summed E-state index contributed by atoms with van der Waals surface area (Å²) in [6, 6.07) is 0. The van der Waals surface area contributed by atoms with Crippen LogP contribution in [0.15, 0.2) is 17.4 Å². The molecule has 6 heteroatoms. The minimum absolute atomic E-state index is 0.764. The van der Waals surface area contributed by atoms with Gasteiger partial charge in [-0.15, -0.1) is 0 Å². The number of hydrogen-bond donors (Lipinski definition) is 1. The zero-order valence-electron chi connectivity index (χ0n) is 14.1. The zero-order chi connectivity index (χ0) is 15.8. The van der Waals surface area contributed by atoms with Crippen LogP contribution in [0.2, 0.25) is 0 Å². The Bertz CT molecular complexity index is 467. The molecule has 0 saturated heterocycles. The van der Waals surface area contributed by atoms with Crippen molar-refractivity contribution in [1.82, 2.24) is 20.0 Å². The van der Waals surface area contributed by atoms with Gasteiger partial charge >= 0.3 is 0 Å². The fraction of sp³-hybridized carbons (Fsp3) is 0.750. The van der Waals surface area contributed by atoms with Crippen molar-refractivity contribution in [3.05, 3.63) is 18.0 Å². The molecule has 1 saturated carbocycles.